The van der Waals surface area contributed by atoms with Gasteiger partial charge in [0.25, 0.3) is 11.8 Å². The summed E-state index contributed by atoms with van der Waals surface area (Å²) < 4.78 is 9.18. The number of nitrogens with zero attached hydrogens (tertiary/aromatic N) is 7. The van der Waals surface area contributed by atoms with Crippen molar-refractivity contribution < 1.29 is 43.9 Å². The number of aliphatic imine (C=N–C) groups is 1. The van der Waals surface area contributed by atoms with Crippen molar-refractivity contribution in [3.63, 3.8) is 0 Å². The van der Waals surface area contributed by atoms with E-state index in [1.807, 2.05) is 48.5 Å². The monoisotopic (exact) mass is 802 g/mol. The fourth-order valence-corrected chi connectivity index (χ4v) is 7.35. The number of oxime groups is 1. The first-order chi connectivity index (χ1) is 28.7. The van der Waals surface area contributed by atoms with Gasteiger partial charge in [-0.3, -0.25) is 39.4 Å². The number of fused-ring (bicyclic) bond motifs is 3. The van der Waals surface area contributed by atoms with E-state index in [-0.39, 0.29) is 56.0 Å². The Labute approximate surface area is 335 Å². The molecule has 0 bridgehead atoms. The summed E-state index contributed by atoms with van der Waals surface area (Å²) in [5.74, 6) is -2.84. The molecule has 8 rings (SSSR count). The van der Waals surface area contributed by atoms with Crippen molar-refractivity contribution in [1.29, 1.82) is 0 Å². The van der Waals surface area contributed by atoms with E-state index in [4.69, 9.17) is 19.8 Å². The van der Waals surface area contributed by atoms with Crippen LogP contribution in [0.1, 0.15) is 63.2 Å². The zero-order valence-electron chi connectivity index (χ0n) is 31.5. The van der Waals surface area contributed by atoms with Crippen LogP contribution in [0.3, 0.4) is 0 Å². The Morgan fingerprint density at radius 2 is 1.76 bits per heavy atom. The second kappa shape index (κ2) is 16.7. The largest absolute Gasteiger partial charge is 0.494 e. The molecular formula is C40H38N10O9. The Balaban J connectivity index is 0.886. The van der Waals surface area contributed by atoms with Gasteiger partial charge in [0, 0.05) is 36.0 Å². The van der Waals surface area contributed by atoms with Gasteiger partial charge in [-0.25, -0.2) is 15.2 Å². The van der Waals surface area contributed by atoms with Gasteiger partial charge in [-0.15, -0.1) is 5.10 Å². The number of ether oxygens (including phenoxy) is 1. The Hall–Kier alpha value is -7.25. The number of rotatable bonds is 16. The summed E-state index contributed by atoms with van der Waals surface area (Å²) >= 11 is 0. The lowest BCUT2D eigenvalue weighted by atomic mass is 10.0. The van der Waals surface area contributed by atoms with Crippen molar-refractivity contribution in [1.82, 2.24) is 35.3 Å². The molecule has 5 heterocycles. The molecule has 0 spiro atoms. The molecule has 3 aliphatic rings. The first-order valence-corrected chi connectivity index (χ1v) is 18.9. The van der Waals surface area contributed by atoms with Crippen LogP contribution in [0.5, 0.6) is 5.88 Å². The molecule has 19 nitrogen and oxygen atoms in total. The maximum atomic E-state index is 13.3. The van der Waals surface area contributed by atoms with Crippen LogP contribution in [0.25, 0.3) is 10.9 Å². The van der Waals surface area contributed by atoms with Crippen molar-refractivity contribution in [2.75, 3.05) is 31.7 Å². The highest BCUT2D eigenvalue weighted by Crippen LogP contribution is 2.38. The van der Waals surface area contributed by atoms with E-state index >= 15 is 0 Å². The third kappa shape index (κ3) is 7.63. The smallest absolute Gasteiger partial charge is 0.264 e. The van der Waals surface area contributed by atoms with Crippen molar-refractivity contribution in [2.24, 2.45) is 10.1 Å². The van der Waals surface area contributed by atoms with E-state index in [2.05, 4.69) is 26.1 Å². The molecule has 3 aromatic carbocycles. The zero-order chi connectivity index (χ0) is 41.0. The second-order valence-corrected chi connectivity index (χ2v) is 13.9. The number of benzene rings is 3. The van der Waals surface area contributed by atoms with Gasteiger partial charge in [0.15, 0.2) is 0 Å². The summed E-state index contributed by atoms with van der Waals surface area (Å²) in [6, 6.07) is 18.8. The SMILES string of the molecule is O=C(CCCO/N=C1/C(c2c(O)n(Cc3cn(CCOCCNc4cccc5c4C(=O)N(C4CCC(=O)NC4=O)C5=O)nn3)c3ccccc23)=Nc2ccccc21)NO. The van der Waals surface area contributed by atoms with Crippen LogP contribution in [0, 0.1) is 0 Å². The standard InChI is InChI=1S/C40H38N10O9/c51-31-15-14-30(37(53)43-31)50-38(54)26-9-5-11-28(33(26)40(50)56)41-16-19-58-20-17-48-21-23(44-47-48)22-49-29-12-4-2-8-25(29)34(39(49)55)36-35(24-7-1-3-10-27(24)42-36)46-59-18-6-13-32(52)45-57/h1-5,7-12,21,30,41,55,57H,6,13-20,22H2,(H,45,52)(H,43,51,53)/b46-35+. The molecule has 59 heavy (non-hydrogen) atoms. The van der Waals surface area contributed by atoms with Gasteiger partial charge in [-0.2, -0.15) is 0 Å². The number of hydroxylamine groups is 1. The molecule has 0 aliphatic carbocycles. The number of imide groups is 2. The molecular weight excluding hydrogens is 765 g/mol. The molecule has 5 amide bonds. The van der Waals surface area contributed by atoms with E-state index < -0.39 is 35.6 Å². The topological polar surface area (TPSA) is 244 Å². The Kier molecular flexibility index (Phi) is 10.9. The van der Waals surface area contributed by atoms with Crippen molar-refractivity contribution in [3.8, 4) is 5.88 Å². The van der Waals surface area contributed by atoms with Gasteiger partial charge in [-0.05, 0) is 37.1 Å². The minimum atomic E-state index is -1.05. The van der Waals surface area contributed by atoms with Crippen molar-refractivity contribution in [2.45, 2.75) is 44.8 Å². The van der Waals surface area contributed by atoms with Gasteiger partial charge < -0.3 is 24.6 Å². The lowest BCUT2D eigenvalue weighted by molar-refractivity contribution is -0.136. The van der Waals surface area contributed by atoms with Crippen molar-refractivity contribution >= 4 is 63.2 Å². The average Bonchev–Trinajstić information content (AvgIpc) is 3.98. The van der Waals surface area contributed by atoms with Gasteiger partial charge >= 0.3 is 0 Å². The number of anilines is 1. The quantitative estimate of drug-likeness (QED) is 0.0419. The van der Waals surface area contributed by atoms with Gasteiger partial charge in [0.1, 0.15) is 29.8 Å². The normalized spacial score (nSPS) is 16.7. The van der Waals surface area contributed by atoms with Crippen LogP contribution >= 0.6 is 0 Å². The summed E-state index contributed by atoms with van der Waals surface area (Å²) in [5, 5.41) is 39.6. The molecule has 0 radical (unpaired) electrons. The molecule has 1 atom stereocenters. The van der Waals surface area contributed by atoms with E-state index in [0.29, 0.717) is 60.2 Å². The van der Waals surface area contributed by atoms with E-state index in [1.165, 1.54) is 6.07 Å². The zero-order valence-corrected chi connectivity index (χ0v) is 31.5. The number of hydrogen-bond donors (Lipinski definition) is 5. The Bertz CT molecular complexity index is 2560. The van der Waals surface area contributed by atoms with Crippen LogP contribution < -0.4 is 16.1 Å². The number of nitrogens with one attached hydrogen (secondary N) is 3. The van der Waals surface area contributed by atoms with Crippen molar-refractivity contribution in [3.05, 3.63) is 101 Å². The van der Waals surface area contributed by atoms with Crippen LogP contribution in [0.4, 0.5) is 11.4 Å². The third-order valence-corrected chi connectivity index (χ3v) is 10.1. The molecule has 1 fully saturated rings. The molecule has 5 N–H and O–H groups in total. The number of hydrogen-bond acceptors (Lipinski definition) is 14. The fourth-order valence-electron chi connectivity index (χ4n) is 7.35. The Morgan fingerprint density at radius 3 is 2.61 bits per heavy atom. The predicted octanol–water partition coefficient (Wildman–Crippen LogP) is 2.66. The maximum Gasteiger partial charge on any atom is 0.264 e. The number of amides is 5. The predicted molar refractivity (Wildman–Crippen MR) is 209 cm³/mol. The van der Waals surface area contributed by atoms with E-state index in [1.54, 1.807) is 33.1 Å². The molecule has 1 saturated heterocycles. The van der Waals surface area contributed by atoms with Gasteiger partial charge in [-0.1, -0.05) is 52.8 Å². The number of para-hydroxylation sites is 2. The molecule has 19 heteroatoms. The summed E-state index contributed by atoms with van der Waals surface area (Å²) in [6.07, 6.45) is 2.26. The highest BCUT2D eigenvalue weighted by Gasteiger charge is 2.45. The van der Waals surface area contributed by atoms with Crippen LogP contribution in [0.15, 0.2) is 83.1 Å². The van der Waals surface area contributed by atoms with Gasteiger partial charge in [0.05, 0.1) is 60.4 Å². The Morgan fingerprint density at radius 1 is 0.949 bits per heavy atom. The van der Waals surface area contributed by atoms with Crippen LogP contribution in [-0.2, 0) is 37.0 Å². The lowest BCUT2D eigenvalue weighted by Crippen LogP contribution is -2.54. The third-order valence-electron chi connectivity index (χ3n) is 10.1. The number of piperidine rings is 1. The number of aromatic nitrogens is 4. The first kappa shape index (κ1) is 38.6. The van der Waals surface area contributed by atoms with Crippen LogP contribution in [-0.4, -0.2) is 108 Å². The molecule has 0 saturated carbocycles. The van der Waals surface area contributed by atoms with E-state index in [0.717, 1.165) is 21.4 Å². The highest BCUT2D eigenvalue weighted by molar-refractivity contribution is 6.58. The number of carbonyl (C=O) groups excluding carboxylic acids is 5. The number of aromatic hydroxyl groups is 1. The lowest BCUT2D eigenvalue weighted by Gasteiger charge is -2.27. The minimum Gasteiger partial charge on any atom is -0.494 e. The molecule has 1 unspecified atom stereocenters. The maximum absolute atomic E-state index is 13.3. The molecule has 5 aromatic rings. The second-order valence-electron chi connectivity index (χ2n) is 13.9. The summed E-state index contributed by atoms with van der Waals surface area (Å²) in [5.41, 5.74) is 6.42. The molecule has 2 aromatic heterocycles. The van der Waals surface area contributed by atoms with Gasteiger partial charge in [0.2, 0.25) is 23.6 Å². The van der Waals surface area contributed by atoms with Crippen LogP contribution in [0.2, 0.25) is 0 Å². The first-order valence-electron chi connectivity index (χ1n) is 18.9. The summed E-state index contributed by atoms with van der Waals surface area (Å²) in [6.45, 7) is 1.56. The fraction of sp³-hybridized carbons (Fsp3) is 0.275. The average molecular weight is 803 g/mol. The summed E-state index contributed by atoms with van der Waals surface area (Å²) in [4.78, 5) is 73.3. The minimum absolute atomic E-state index is 0.0393. The molecule has 3 aliphatic heterocycles. The summed E-state index contributed by atoms with van der Waals surface area (Å²) in [7, 11) is 0. The van der Waals surface area contributed by atoms with E-state index in [9.17, 15) is 29.1 Å². The number of carbonyl (C=O) groups is 5. The highest BCUT2D eigenvalue weighted by atomic mass is 16.6. The molecule has 302 valence electrons.